The van der Waals surface area contributed by atoms with Gasteiger partial charge in [0.1, 0.15) is 0 Å². The van der Waals surface area contributed by atoms with E-state index in [1.165, 1.54) is 16.8 Å². The molecule has 0 spiro atoms. The predicted molar refractivity (Wildman–Crippen MR) is 53.3 cm³/mol. The van der Waals surface area contributed by atoms with E-state index in [0.717, 1.165) is 10.9 Å². The lowest BCUT2D eigenvalue weighted by Gasteiger charge is -1.88. The molecule has 0 aliphatic heterocycles. The summed E-state index contributed by atoms with van der Waals surface area (Å²) >= 11 is 0. The Hall–Kier alpha value is -2.10. The first-order valence-corrected chi connectivity index (χ1v) is 4.31. The van der Waals surface area contributed by atoms with Gasteiger partial charge in [0.05, 0.1) is 5.52 Å². The number of fused-ring (bicyclic) bond motifs is 3. The van der Waals surface area contributed by atoms with Crippen LogP contribution in [0.25, 0.3) is 16.6 Å². The molecular weight excluding hydrogens is 178 g/mol. The molecule has 4 heteroatoms. The van der Waals surface area contributed by atoms with Crippen molar-refractivity contribution in [2.75, 3.05) is 0 Å². The maximum atomic E-state index is 11.4. The van der Waals surface area contributed by atoms with Crippen LogP contribution in [0, 0.1) is 0 Å². The Kier molecular flexibility index (Phi) is 1.28. The van der Waals surface area contributed by atoms with Crippen molar-refractivity contribution < 1.29 is 0 Å². The number of benzene rings is 1. The lowest BCUT2D eigenvalue weighted by atomic mass is 10.2. The molecule has 3 rings (SSSR count). The van der Waals surface area contributed by atoms with E-state index in [0.29, 0.717) is 5.65 Å². The van der Waals surface area contributed by atoms with Crippen molar-refractivity contribution >= 4 is 16.6 Å². The predicted octanol–water partition coefficient (Wildman–Crippen LogP) is 1.18. The van der Waals surface area contributed by atoms with Crippen molar-refractivity contribution in [3.05, 3.63) is 46.9 Å². The molecule has 0 saturated carbocycles. The van der Waals surface area contributed by atoms with Crippen LogP contribution in [-0.4, -0.2) is 14.6 Å². The van der Waals surface area contributed by atoms with E-state index < -0.39 is 0 Å². The molecular formula is C10H7N3O. The second kappa shape index (κ2) is 2.45. The van der Waals surface area contributed by atoms with Gasteiger partial charge in [-0.2, -0.15) is 0 Å². The maximum absolute atomic E-state index is 11.4. The van der Waals surface area contributed by atoms with Crippen molar-refractivity contribution in [1.82, 2.24) is 14.6 Å². The number of aromatic nitrogens is 3. The average Bonchev–Trinajstić information content (AvgIpc) is 2.59. The SMILES string of the molecule is O=c1ccnc2c3ccccc3[nH]n12. The minimum Gasteiger partial charge on any atom is -0.289 e. The van der Waals surface area contributed by atoms with Crippen LogP contribution in [0.15, 0.2) is 41.3 Å². The molecule has 1 N–H and O–H groups in total. The molecule has 0 atom stereocenters. The number of hydrogen-bond donors (Lipinski definition) is 1. The highest BCUT2D eigenvalue weighted by Crippen LogP contribution is 2.14. The third kappa shape index (κ3) is 0.821. The Balaban J connectivity index is 2.70. The zero-order valence-corrected chi connectivity index (χ0v) is 7.27. The summed E-state index contributed by atoms with van der Waals surface area (Å²) in [5, 5.41) is 3.95. The highest BCUT2D eigenvalue weighted by molar-refractivity contribution is 5.91. The maximum Gasteiger partial charge on any atom is 0.272 e. The van der Waals surface area contributed by atoms with E-state index in [4.69, 9.17) is 0 Å². The van der Waals surface area contributed by atoms with Crippen LogP contribution < -0.4 is 5.56 Å². The molecule has 0 radical (unpaired) electrons. The molecule has 0 bridgehead atoms. The number of aromatic amines is 1. The minimum absolute atomic E-state index is 0.0915. The molecule has 0 aliphatic carbocycles. The molecule has 14 heavy (non-hydrogen) atoms. The zero-order chi connectivity index (χ0) is 9.54. The van der Waals surface area contributed by atoms with E-state index in [-0.39, 0.29) is 5.56 Å². The fourth-order valence-electron chi connectivity index (χ4n) is 1.60. The van der Waals surface area contributed by atoms with Gasteiger partial charge in [0, 0.05) is 17.6 Å². The summed E-state index contributed by atoms with van der Waals surface area (Å²) in [7, 11) is 0. The van der Waals surface area contributed by atoms with Crippen molar-refractivity contribution in [2.24, 2.45) is 0 Å². The fraction of sp³-hybridized carbons (Fsp3) is 0. The molecule has 0 aliphatic rings. The Morgan fingerprint density at radius 1 is 1.21 bits per heavy atom. The standard InChI is InChI=1S/C10H7N3O/c14-9-5-6-11-10-7-3-1-2-4-8(7)12-13(9)10/h1-6,12H. The van der Waals surface area contributed by atoms with Crippen LogP contribution in [0.3, 0.4) is 0 Å². The van der Waals surface area contributed by atoms with Gasteiger partial charge in [-0.3, -0.25) is 9.89 Å². The van der Waals surface area contributed by atoms with Gasteiger partial charge in [-0.05, 0) is 12.1 Å². The lowest BCUT2D eigenvalue weighted by molar-refractivity contribution is 0.914. The smallest absolute Gasteiger partial charge is 0.272 e. The molecule has 0 unspecified atom stereocenters. The first kappa shape index (κ1) is 7.32. The molecule has 3 aromatic rings. The Labute approximate surface area is 78.8 Å². The monoisotopic (exact) mass is 185 g/mol. The Morgan fingerprint density at radius 3 is 3.00 bits per heavy atom. The Morgan fingerprint density at radius 2 is 2.07 bits per heavy atom. The van der Waals surface area contributed by atoms with Crippen LogP contribution in [-0.2, 0) is 0 Å². The van der Waals surface area contributed by atoms with Crippen molar-refractivity contribution in [1.29, 1.82) is 0 Å². The highest BCUT2D eigenvalue weighted by atomic mass is 16.1. The second-order valence-corrected chi connectivity index (χ2v) is 3.10. The zero-order valence-electron chi connectivity index (χ0n) is 7.27. The van der Waals surface area contributed by atoms with Crippen molar-refractivity contribution in [3.63, 3.8) is 0 Å². The summed E-state index contributed by atoms with van der Waals surface area (Å²) in [5.41, 5.74) is 1.50. The Bertz CT molecular complexity index is 665. The normalized spacial score (nSPS) is 11.1. The molecule has 0 fully saturated rings. The van der Waals surface area contributed by atoms with E-state index >= 15 is 0 Å². The van der Waals surface area contributed by atoms with E-state index in [1.807, 2.05) is 24.3 Å². The van der Waals surface area contributed by atoms with E-state index in [9.17, 15) is 4.79 Å². The summed E-state index contributed by atoms with van der Waals surface area (Å²) in [6, 6.07) is 9.14. The summed E-state index contributed by atoms with van der Waals surface area (Å²) in [4.78, 5) is 15.6. The van der Waals surface area contributed by atoms with Gasteiger partial charge < -0.3 is 0 Å². The number of nitrogens with one attached hydrogen (secondary N) is 1. The molecule has 2 heterocycles. The molecule has 0 amide bonds. The third-order valence-corrected chi connectivity index (χ3v) is 2.25. The lowest BCUT2D eigenvalue weighted by Crippen LogP contribution is -2.12. The van der Waals surface area contributed by atoms with Gasteiger partial charge in [0.2, 0.25) is 0 Å². The van der Waals surface area contributed by atoms with Crippen LogP contribution in [0.4, 0.5) is 0 Å². The van der Waals surface area contributed by atoms with Gasteiger partial charge in [-0.25, -0.2) is 9.50 Å². The van der Waals surface area contributed by atoms with E-state index in [1.54, 1.807) is 0 Å². The van der Waals surface area contributed by atoms with Gasteiger partial charge in [0.25, 0.3) is 5.56 Å². The first-order valence-electron chi connectivity index (χ1n) is 4.31. The molecule has 2 aromatic heterocycles. The highest BCUT2D eigenvalue weighted by Gasteiger charge is 2.03. The van der Waals surface area contributed by atoms with Crippen LogP contribution in [0.2, 0.25) is 0 Å². The summed E-state index contributed by atoms with van der Waals surface area (Å²) in [6.07, 6.45) is 1.53. The van der Waals surface area contributed by atoms with Gasteiger partial charge in [0.15, 0.2) is 5.65 Å². The molecule has 4 nitrogen and oxygen atoms in total. The average molecular weight is 185 g/mol. The van der Waals surface area contributed by atoms with Gasteiger partial charge >= 0.3 is 0 Å². The molecule has 1 aromatic carbocycles. The topological polar surface area (TPSA) is 50.2 Å². The minimum atomic E-state index is -0.0915. The fourth-order valence-corrected chi connectivity index (χ4v) is 1.60. The van der Waals surface area contributed by atoms with Crippen LogP contribution in [0.5, 0.6) is 0 Å². The van der Waals surface area contributed by atoms with Gasteiger partial charge in [-0.1, -0.05) is 12.1 Å². The largest absolute Gasteiger partial charge is 0.289 e. The molecule has 0 saturated heterocycles. The number of nitrogens with zero attached hydrogens (tertiary/aromatic N) is 2. The number of H-pyrrole nitrogens is 1. The van der Waals surface area contributed by atoms with Gasteiger partial charge in [-0.15, -0.1) is 0 Å². The number of para-hydroxylation sites is 1. The summed E-state index contributed by atoms with van der Waals surface area (Å²) in [6.45, 7) is 0. The summed E-state index contributed by atoms with van der Waals surface area (Å²) in [5.74, 6) is 0. The number of hydrogen-bond acceptors (Lipinski definition) is 2. The van der Waals surface area contributed by atoms with Crippen molar-refractivity contribution in [3.8, 4) is 0 Å². The van der Waals surface area contributed by atoms with Crippen LogP contribution in [0.1, 0.15) is 0 Å². The number of rotatable bonds is 0. The summed E-state index contributed by atoms with van der Waals surface area (Å²) < 4.78 is 1.45. The molecule has 68 valence electrons. The first-order chi connectivity index (χ1) is 6.86. The quantitative estimate of drug-likeness (QED) is 0.571. The van der Waals surface area contributed by atoms with E-state index in [2.05, 4.69) is 10.1 Å². The third-order valence-electron chi connectivity index (χ3n) is 2.25. The second-order valence-electron chi connectivity index (χ2n) is 3.10. The van der Waals surface area contributed by atoms with Crippen LogP contribution >= 0.6 is 0 Å². The van der Waals surface area contributed by atoms with Crippen molar-refractivity contribution in [2.45, 2.75) is 0 Å².